The lowest BCUT2D eigenvalue weighted by atomic mass is 10.2. The number of alkyl halides is 3. The molecule has 2 N–H and O–H groups in total. The molecule has 1 amide bonds. The molecule has 0 aromatic heterocycles. The Balaban J connectivity index is 1.85. The van der Waals surface area contributed by atoms with E-state index in [9.17, 15) is 22.4 Å². The molecule has 0 heterocycles. The molecule has 2 aromatic carbocycles. The SMILES string of the molecule is O=C(CNc1cccc(C(F)(F)F)c1)N/N=C\c1cccc(F)c1. The molecule has 24 heavy (non-hydrogen) atoms. The highest BCUT2D eigenvalue weighted by Crippen LogP contribution is 2.30. The second-order valence-corrected chi connectivity index (χ2v) is 4.78. The molecule has 0 unspecified atom stereocenters. The number of hydrogen-bond acceptors (Lipinski definition) is 3. The van der Waals surface area contributed by atoms with Crippen molar-refractivity contribution in [2.45, 2.75) is 6.18 Å². The summed E-state index contributed by atoms with van der Waals surface area (Å²) in [7, 11) is 0. The molecule has 0 saturated heterocycles. The number of benzene rings is 2. The first-order valence-electron chi connectivity index (χ1n) is 6.83. The molecule has 2 rings (SSSR count). The standard InChI is InChI=1S/C16H13F4N3O/c17-13-5-1-3-11(7-13)9-22-23-15(24)10-21-14-6-2-4-12(8-14)16(18,19)20/h1-9,21H,10H2,(H,23,24)/b22-9-. The molecule has 0 saturated carbocycles. The van der Waals surface area contributed by atoms with Gasteiger partial charge in [0.15, 0.2) is 0 Å². The number of carbonyl (C=O) groups is 1. The maximum atomic E-state index is 12.9. The molecule has 0 spiro atoms. The second kappa shape index (κ2) is 7.58. The Morgan fingerprint density at radius 3 is 2.58 bits per heavy atom. The van der Waals surface area contributed by atoms with Crippen molar-refractivity contribution in [2.75, 3.05) is 11.9 Å². The Hall–Kier alpha value is -2.90. The molecule has 0 radical (unpaired) electrons. The van der Waals surface area contributed by atoms with Gasteiger partial charge in [-0.1, -0.05) is 18.2 Å². The largest absolute Gasteiger partial charge is 0.416 e. The quantitative estimate of drug-likeness (QED) is 0.498. The predicted molar refractivity (Wildman–Crippen MR) is 82.1 cm³/mol. The van der Waals surface area contributed by atoms with Crippen molar-refractivity contribution < 1.29 is 22.4 Å². The highest BCUT2D eigenvalue weighted by molar-refractivity contribution is 5.84. The van der Waals surface area contributed by atoms with Gasteiger partial charge in [0.1, 0.15) is 5.82 Å². The number of nitrogens with zero attached hydrogens (tertiary/aromatic N) is 1. The van der Waals surface area contributed by atoms with Crippen molar-refractivity contribution >= 4 is 17.8 Å². The first-order valence-corrected chi connectivity index (χ1v) is 6.83. The lowest BCUT2D eigenvalue weighted by molar-refractivity contribution is -0.137. The average molecular weight is 339 g/mol. The van der Waals surface area contributed by atoms with E-state index in [-0.39, 0.29) is 12.2 Å². The van der Waals surface area contributed by atoms with Crippen molar-refractivity contribution in [3.05, 3.63) is 65.5 Å². The van der Waals surface area contributed by atoms with E-state index in [1.165, 1.54) is 36.5 Å². The molecule has 2 aromatic rings. The summed E-state index contributed by atoms with van der Waals surface area (Å²) < 4.78 is 50.6. The number of nitrogens with one attached hydrogen (secondary N) is 2. The zero-order chi connectivity index (χ0) is 17.6. The van der Waals surface area contributed by atoms with Gasteiger partial charge >= 0.3 is 6.18 Å². The maximum absolute atomic E-state index is 12.9. The summed E-state index contributed by atoms with van der Waals surface area (Å²) in [5.41, 5.74) is 2.00. The smallest absolute Gasteiger partial charge is 0.376 e. The van der Waals surface area contributed by atoms with Gasteiger partial charge in [0.2, 0.25) is 0 Å². The third-order valence-electron chi connectivity index (χ3n) is 2.89. The number of amides is 1. The van der Waals surface area contributed by atoms with Crippen LogP contribution in [0.25, 0.3) is 0 Å². The van der Waals surface area contributed by atoms with Gasteiger partial charge < -0.3 is 5.32 Å². The molecule has 0 fully saturated rings. The first-order chi connectivity index (χ1) is 11.3. The van der Waals surface area contributed by atoms with Crippen molar-refractivity contribution in [1.82, 2.24) is 5.43 Å². The third-order valence-corrected chi connectivity index (χ3v) is 2.89. The van der Waals surface area contributed by atoms with E-state index in [4.69, 9.17) is 0 Å². The minimum absolute atomic E-state index is 0.161. The van der Waals surface area contributed by atoms with Crippen molar-refractivity contribution in [1.29, 1.82) is 0 Å². The summed E-state index contributed by atoms with van der Waals surface area (Å²) in [6.45, 7) is -0.262. The van der Waals surface area contributed by atoms with Crippen molar-refractivity contribution in [3.8, 4) is 0 Å². The number of hydrogen-bond donors (Lipinski definition) is 2. The lowest BCUT2D eigenvalue weighted by Crippen LogP contribution is -2.26. The Morgan fingerprint density at radius 1 is 1.12 bits per heavy atom. The van der Waals surface area contributed by atoms with Crippen LogP contribution in [0.2, 0.25) is 0 Å². The highest BCUT2D eigenvalue weighted by Gasteiger charge is 2.30. The van der Waals surface area contributed by atoms with Crippen molar-refractivity contribution in [3.63, 3.8) is 0 Å². The molecule has 0 aliphatic carbocycles. The fraction of sp³-hybridized carbons (Fsp3) is 0.125. The van der Waals surface area contributed by atoms with E-state index in [0.29, 0.717) is 5.56 Å². The number of carbonyl (C=O) groups excluding carboxylic acids is 1. The Bertz CT molecular complexity index is 744. The average Bonchev–Trinajstić information content (AvgIpc) is 2.52. The molecule has 4 nitrogen and oxygen atoms in total. The molecule has 126 valence electrons. The summed E-state index contributed by atoms with van der Waals surface area (Å²) >= 11 is 0. The fourth-order valence-corrected chi connectivity index (χ4v) is 1.79. The number of anilines is 1. The molecule has 8 heteroatoms. The molecule has 0 aliphatic heterocycles. The molecular weight excluding hydrogens is 326 g/mol. The summed E-state index contributed by atoms with van der Waals surface area (Å²) in [6, 6.07) is 10.1. The number of rotatable bonds is 5. The Kier molecular flexibility index (Phi) is 5.51. The van der Waals surface area contributed by atoms with Crippen LogP contribution in [0, 0.1) is 5.82 Å². The number of halogens is 4. The van der Waals surface area contributed by atoms with Crippen LogP contribution in [-0.4, -0.2) is 18.7 Å². The minimum atomic E-state index is -4.45. The predicted octanol–water partition coefficient (Wildman–Crippen LogP) is 3.41. The Morgan fingerprint density at radius 2 is 1.88 bits per heavy atom. The third kappa shape index (κ3) is 5.38. The van der Waals surface area contributed by atoms with Gasteiger partial charge in [0, 0.05) is 5.69 Å². The summed E-state index contributed by atoms with van der Waals surface area (Å²) in [4.78, 5) is 11.6. The van der Waals surface area contributed by atoms with Gasteiger partial charge in [-0.3, -0.25) is 4.79 Å². The van der Waals surface area contributed by atoms with E-state index in [2.05, 4.69) is 15.8 Å². The Labute approximate surface area is 135 Å². The maximum Gasteiger partial charge on any atom is 0.416 e. The van der Waals surface area contributed by atoms with E-state index in [0.717, 1.165) is 12.1 Å². The molecular formula is C16H13F4N3O. The molecule has 0 bridgehead atoms. The summed E-state index contributed by atoms with van der Waals surface area (Å²) in [5.74, 6) is -0.989. The molecule has 0 atom stereocenters. The zero-order valence-electron chi connectivity index (χ0n) is 12.3. The van der Waals surface area contributed by atoms with E-state index in [1.54, 1.807) is 6.07 Å². The van der Waals surface area contributed by atoms with Crippen LogP contribution in [0.3, 0.4) is 0 Å². The van der Waals surface area contributed by atoms with Gasteiger partial charge in [-0.15, -0.1) is 0 Å². The highest BCUT2D eigenvalue weighted by atomic mass is 19.4. The second-order valence-electron chi connectivity index (χ2n) is 4.78. The van der Waals surface area contributed by atoms with Crippen LogP contribution in [0.5, 0.6) is 0 Å². The van der Waals surface area contributed by atoms with Crippen LogP contribution in [0.1, 0.15) is 11.1 Å². The van der Waals surface area contributed by atoms with Crippen molar-refractivity contribution in [2.24, 2.45) is 5.10 Å². The van der Waals surface area contributed by atoms with Crippen LogP contribution < -0.4 is 10.7 Å². The first kappa shape index (κ1) is 17.5. The topological polar surface area (TPSA) is 53.5 Å². The van der Waals surface area contributed by atoms with Gasteiger partial charge in [-0.2, -0.15) is 18.3 Å². The van der Waals surface area contributed by atoms with Crippen LogP contribution in [-0.2, 0) is 11.0 Å². The van der Waals surface area contributed by atoms with Crippen LogP contribution >= 0.6 is 0 Å². The summed E-state index contributed by atoms with van der Waals surface area (Å²) in [5, 5.41) is 6.21. The van der Waals surface area contributed by atoms with Crippen LogP contribution in [0.15, 0.2) is 53.6 Å². The number of hydrazone groups is 1. The van der Waals surface area contributed by atoms with Gasteiger partial charge in [-0.05, 0) is 35.9 Å². The van der Waals surface area contributed by atoms with Gasteiger partial charge in [0.25, 0.3) is 5.91 Å². The normalized spacial score (nSPS) is 11.5. The molecule has 0 aliphatic rings. The lowest BCUT2D eigenvalue weighted by Gasteiger charge is -2.10. The monoisotopic (exact) mass is 339 g/mol. The van der Waals surface area contributed by atoms with Gasteiger partial charge in [-0.25, -0.2) is 9.82 Å². The fourth-order valence-electron chi connectivity index (χ4n) is 1.79. The minimum Gasteiger partial charge on any atom is -0.376 e. The summed E-state index contributed by atoms with van der Waals surface area (Å²) in [6.07, 6.45) is -3.19. The van der Waals surface area contributed by atoms with E-state index >= 15 is 0 Å². The van der Waals surface area contributed by atoms with Crippen LogP contribution in [0.4, 0.5) is 23.2 Å². The van der Waals surface area contributed by atoms with E-state index < -0.39 is 23.5 Å². The van der Waals surface area contributed by atoms with E-state index in [1.807, 2.05) is 0 Å². The zero-order valence-corrected chi connectivity index (χ0v) is 12.3. The van der Waals surface area contributed by atoms with Gasteiger partial charge in [0.05, 0.1) is 18.3 Å².